The van der Waals surface area contributed by atoms with Crippen molar-refractivity contribution in [3.05, 3.63) is 34.4 Å². The molecule has 3 rings (SSSR count). The molecule has 2 N–H and O–H groups in total. The molecule has 1 aliphatic rings. The first-order valence-corrected chi connectivity index (χ1v) is 7.22. The van der Waals surface area contributed by atoms with Crippen LogP contribution in [0, 0.1) is 6.92 Å². The smallest absolute Gasteiger partial charge is 0.261 e. The first-order chi connectivity index (χ1) is 10.1. The van der Waals surface area contributed by atoms with Gasteiger partial charge in [0.05, 0.1) is 24.1 Å². The summed E-state index contributed by atoms with van der Waals surface area (Å²) in [5.41, 5.74) is 7.05. The van der Waals surface area contributed by atoms with Gasteiger partial charge in [-0.2, -0.15) is 0 Å². The Labute approximate surface area is 123 Å². The molecule has 21 heavy (non-hydrogen) atoms. The second kappa shape index (κ2) is 5.83. The SMILES string of the molecule is Cc1nc2ccc(N)cc2c(=O)n1CCN1CCOCC1. The zero-order valence-corrected chi connectivity index (χ0v) is 12.2. The Morgan fingerprint density at radius 3 is 2.81 bits per heavy atom. The lowest BCUT2D eigenvalue weighted by atomic mass is 10.2. The summed E-state index contributed by atoms with van der Waals surface area (Å²) in [6.45, 7) is 6.71. The lowest BCUT2D eigenvalue weighted by Gasteiger charge is -2.26. The van der Waals surface area contributed by atoms with E-state index in [1.165, 1.54) is 0 Å². The van der Waals surface area contributed by atoms with Crippen molar-refractivity contribution < 1.29 is 4.74 Å². The molecule has 0 unspecified atom stereocenters. The van der Waals surface area contributed by atoms with Crippen LogP contribution in [0.25, 0.3) is 10.9 Å². The average Bonchev–Trinajstić information content (AvgIpc) is 2.49. The topological polar surface area (TPSA) is 73.4 Å². The molecule has 0 saturated carbocycles. The van der Waals surface area contributed by atoms with Crippen LogP contribution >= 0.6 is 0 Å². The van der Waals surface area contributed by atoms with Crippen molar-refractivity contribution in [3.63, 3.8) is 0 Å². The quantitative estimate of drug-likeness (QED) is 0.838. The van der Waals surface area contributed by atoms with E-state index in [1.54, 1.807) is 22.8 Å². The Morgan fingerprint density at radius 1 is 1.29 bits per heavy atom. The molecule has 0 bridgehead atoms. The number of morpholine rings is 1. The molecule has 6 heteroatoms. The van der Waals surface area contributed by atoms with Crippen molar-refractivity contribution in [1.82, 2.24) is 14.5 Å². The number of nitrogens with zero attached hydrogens (tertiary/aromatic N) is 3. The van der Waals surface area contributed by atoms with Gasteiger partial charge >= 0.3 is 0 Å². The van der Waals surface area contributed by atoms with Gasteiger partial charge in [0.15, 0.2) is 0 Å². The third kappa shape index (κ3) is 2.91. The van der Waals surface area contributed by atoms with Gasteiger partial charge in [-0.3, -0.25) is 14.3 Å². The van der Waals surface area contributed by atoms with E-state index in [9.17, 15) is 4.79 Å². The minimum Gasteiger partial charge on any atom is -0.399 e. The molecule has 0 radical (unpaired) electrons. The molecule has 0 aliphatic carbocycles. The molecule has 1 aliphatic heterocycles. The number of rotatable bonds is 3. The van der Waals surface area contributed by atoms with E-state index in [-0.39, 0.29) is 5.56 Å². The molecule has 0 spiro atoms. The molecule has 1 saturated heterocycles. The maximum absolute atomic E-state index is 12.6. The van der Waals surface area contributed by atoms with Gasteiger partial charge in [0.2, 0.25) is 0 Å². The van der Waals surface area contributed by atoms with Crippen LogP contribution in [-0.4, -0.2) is 47.3 Å². The van der Waals surface area contributed by atoms with Crippen LogP contribution in [0.2, 0.25) is 0 Å². The Balaban J connectivity index is 1.88. The molecule has 1 aromatic carbocycles. The summed E-state index contributed by atoms with van der Waals surface area (Å²) in [4.78, 5) is 19.4. The number of hydrogen-bond donors (Lipinski definition) is 1. The van der Waals surface area contributed by atoms with Crippen molar-refractivity contribution in [1.29, 1.82) is 0 Å². The van der Waals surface area contributed by atoms with E-state index in [0.717, 1.165) is 38.7 Å². The van der Waals surface area contributed by atoms with Gasteiger partial charge in [-0.15, -0.1) is 0 Å². The van der Waals surface area contributed by atoms with E-state index >= 15 is 0 Å². The lowest BCUT2D eigenvalue weighted by molar-refractivity contribution is 0.0362. The molecular formula is C15H20N4O2. The van der Waals surface area contributed by atoms with Crippen molar-refractivity contribution in [2.45, 2.75) is 13.5 Å². The van der Waals surface area contributed by atoms with Crippen LogP contribution in [0.15, 0.2) is 23.0 Å². The maximum Gasteiger partial charge on any atom is 0.261 e. The summed E-state index contributed by atoms with van der Waals surface area (Å²) in [5.74, 6) is 0.741. The van der Waals surface area contributed by atoms with Crippen molar-refractivity contribution in [2.24, 2.45) is 0 Å². The van der Waals surface area contributed by atoms with Crippen LogP contribution in [0.1, 0.15) is 5.82 Å². The largest absolute Gasteiger partial charge is 0.399 e. The van der Waals surface area contributed by atoms with E-state index in [1.807, 2.05) is 6.92 Å². The van der Waals surface area contributed by atoms with Crippen molar-refractivity contribution in [3.8, 4) is 0 Å². The number of aryl methyl sites for hydroxylation is 1. The third-order valence-corrected chi connectivity index (χ3v) is 3.91. The second-order valence-corrected chi connectivity index (χ2v) is 5.35. The van der Waals surface area contributed by atoms with E-state index in [0.29, 0.717) is 23.1 Å². The maximum atomic E-state index is 12.6. The summed E-state index contributed by atoms with van der Waals surface area (Å²) >= 11 is 0. The molecule has 6 nitrogen and oxygen atoms in total. The number of anilines is 1. The first-order valence-electron chi connectivity index (χ1n) is 7.22. The Kier molecular flexibility index (Phi) is 3.90. The lowest BCUT2D eigenvalue weighted by Crippen LogP contribution is -2.39. The van der Waals surface area contributed by atoms with Crippen LogP contribution in [0.5, 0.6) is 0 Å². The summed E-state index contributed by atoms with van der Waals surface area (Å²) in [6.07, 6.45) is 0. The van der Waals surface area contributed by atoms with E-state index in [2.05, 4.69) is 9.88 Å². The van der Waals surface area contributed by atoms with Gasteiger partial charge in [0.25, 0.3) is 5.56 Å². The highest BCUT2D eigenvalue weighted by Gasteiger charge is 2.13. The molecule has 1 aromatic heterocycles. The highest BCUT2D eigenvalue weighted by molar-refractivity contribution is 5.81. The van der Waals surface area contributed by atoms with Gasteiger partial charge in [-0.25, -0.2) is 4.98 Å². The van der Waals surface area contributed by atoms with Gasteiger partial charge in [0.1, 0.15) is 5.82 Å². The molecule has 0 amide bonds. The number of benzene rings is 1. The highest BCUT2D eigenvalue weighted by Crippen LogP contribution is 2.12. The zero-order valence-electron chi connectivity index (χ0n) is 12.2. The number of fused-ring (bicyclic) bond motifs is 1. The number of nitrogen functional groups attached to an aromatic ring is 1. The highest BCUT2D eigenvalue weighted by atomic mass is 16.5. The summed E-state index contributed by atoms with van der Waals surface area (Å²) in [7, 11) is 0. The fourth-order valence-corrected chi connectivity index (χ4v) is 2.68. The summed E-state index contributed by atoms with van der Waals surface area (Å²) in [5, 5.41) is 0.586. The fraction of sp³-hybridized carbons (Fsp3) is 0.467. The number of hydrogen-bond acceptors (Lipinski definition) is 5. The summed E-state index contributed by atoms with van der Waals surface area (Å²) in [6, 6.07) is 5.27. The van der Waals surface area contributed by atoms with Crippen molar-refractivity contribution in [2.75, 3.05) is 38.6 Å². The number of nitrogens with two attached hydrogens (primary N) is 1. The average molecular weight is 288 g/mol. The second-order valence-electron chi connectivity index (χ2n) is 5.35. The number of ether oxygens (including phenoxy) is 1. The standard InChI is InChI=1S/C15H20N4O2/c1-11-17-14-3-2-12(16)10-13(14)15(20)19(11)5-4-18-6-8-21-9-7-18/h2-3,10H,4-9,16H2,1H3. The number of aromatic nitrogens is 2. The van der Waals surface area contributed by atoms with Gasteiger partial charge in [-0.05, 0) is 25.1 Å². The minimum atomic E-state index is -0.0157. The Hall–Kier alpha value is -1.92. The molecule has 1 fully saturated rings. The summed E-state index contributed by atoms with van der Waals surface area (Å²) < 4.78 is 7.07. The first kappa shape index (κ1) is 14.0. The van der Waals surface area contributed by atoms with Crippen LogP contribution in [0.3, 0.4) is 0 Å². The predicted octanol–water partition coefficient (Wildman–Crippen LogP) is 0.619. The zero-order chi connectivity index (χ0) is 14.8. The molecule has 2 heterocycles. The Morgan fingerprint density at radius 2 is 2.05 bits per heavy atom. The van der Waals surface area contributed by atoms with E-state index < -0.39 is 0 Å². The minimum absolute atomic E-state index is 0.0157. The molecule has 2 aromatic rings. The van der Waals surface area contributed by atoms with Gasteiger partial charge in [0, 0.05) is 31.9 Å². The normalized spacial score (nSPS) is 16.4. The van der Waals surface area contributed by atoms with Crippen LogP contribution in [0.4, 0.5) is 5.69 Å². The van der Waals surface area contributed by atoms with Crippen LogP contribution < -0.4 is 11.3 Å². The van der Waals surface area contributed by atoms with E-state index in [4.69, 9.17) is 10.5 Å². The molecule has 112 valence electrons. The Bertz CT molecular complexity index is 705. The monoisotopic (exact) mass is 288 g/mol. The van der Waals surface area contributed by atoms with Gasteiger partial charge < -0.3 is 10.5 Å². The van der Waals surface area contributed by atoms with Crippen molar-refractivity contribution >= 4 is 16.6 Å². The molecular weight excluding hydrogens is 268 g/mol. The fourth-order valence-electron chi connectivity index (χ4n) is 2.68. The third-order valence-electron chi connectivity index (χ3n) is 3.91. The predicted molar refractivity (Wildman–Crippen MR) is 82.4 cm³/mol. The van der Waals surface area contributed by atoms with Crippen LogP contribution in [-0.2, 0) is 11.3 Å². The molecule has 0 atom stereocenters. The van der Waals surface area contributed by atoms with Gasteiger partial charge in [-0.1, -0.05) is 0 Å².